The molecule has 0 atom stereocenters. The summed E-state index contributed by atoms with van der Waals surface area (Å²) in [5.74, 6) is -0.775. The van der Waals surface area contributed by atoms with E-state index < -0.39 is 11.9 Å². The van der Waals surface area contributed by atoms with Gasteiger partial charge in [0.25, 0.3) is 0 Å². The number of nitrogens with zero attached hydrogens (tertiary/aromatic N) is 1. The Morgan fingerprint density at radius 1 is 1.37 bits per heavy atom. The van der Waals surface area contributed by atoms with Gasteiger partial charge in [-0.2, -0.15) is 0 Å². The second-order valence-electron chi connectivity index (χ2n) is 5.69. The van der Waals surface area contributed by atoms with Crippen LogP contribution in [0.25, 0.3) is 10.9 Å². The molecule has 2 aromatic rings. The quantitative estimate of drug-likeness (QED) is 0.411. The molecule has 1 aliphatic heterocycles. The molecule has 1 saturated heterocycles. The lowest BCUT2D eigenvalue weighted by molar-refractivity contribution is -0.134. The summed E-state index contributed by atoms with van der Waals surface area (Å²) in [5.41, 5.74) is 1.20. The van der Waals surface area contributed by atoms with Crippen LogP contribution in [0.3, 0.4) is 0 Å². The Morgan fingerprint density at radius 3 is 2.89 bits per heavy atom. The van der Waals surface area contributed by atoms with Gasteiger partial charge in [-0.25, -0.2) is 9.59 Å². The maximum atomic E-state index is 12.3. The summed E-state index contributed by atoms with van der Waals surface area (Å²) in [5, 5.41) is 1.46. The number of hydrogen-bond acceptors (Lipinski definition) is 6. The molecule has 1 amide bonds. The molecule has 2 heterocycles. The maximum absolute atomic E-state index is 12.3. The van der Waals surface area contributed by atoms with E-state index in [1.807, 2.05) is 24.3 Å². The van der Waals surface area contributed by atoms with Gasteiger partial charge in [-0.3, -0.25) is 4.79 Å². The molecular weight excluding hydrogens is 436 g/mol. The zero-order chi connectivity index (χ0) is 19.4. The number of carbonyl (C=O) groups is 3. The molecule has 0 bridgehead atoms. The van der Waals surface area contributed by atoms with Crippen LogP contribution in [0.5, 0.6) is 0 Å². The number of nitrogens with one attached hydrogen (secondary N) is 1. The standard InChI is InChI=1S/C18H17BrN2O5S/c1-25-15(23)9-14-21(13(22)10-27-14)7-4-8-26-18(24)17-16(19)11-5-2-3-6-12(11)20-17/h2-3,5-6,9,20H,4,7-8,10H2,1H3/b14-9+. The highest BCUT2D eigenvalue weighted by molar-refractivity contribution is 9.10. The Morgan fingerprint density at radius 2 is 2.15 bits per heavy atom. The molecule has 0 radical (unpaired) electrons. The van der Waals surface area contributed by atoms with Gasteiger partial charge >= 0.3 is 11.9 Å². The second kappa shape index (κ2) is 8.62. The number of benzene rings is 1. The van der Waals surface area contributed by atoms with Crippen molar-refractivity contribution in [1.82, 2.24) is 9.88 Å². The van der Waals surface area contributed by atoms with E-state index in [0.29, 0.717) is 28.2 Å². The lowest BCUT2D eigenvalue weighted by atomic mass is 10.2. The largest absolute Gasteiger partial charge is 0.466 e. The van der Waals surface area contributed by atoms with Crippen molar-refractivity contribution in [3.63, 3.8) is 0 Å². The summed E-state index contributed by atoms with van der Waals surface area (Å²) >= 11 is 4.71. The number of methoxy groups -OCH3 is 1. The molecule has 3 rings (SSSR count). The Labute approximate surface area is 168 Å². The Balaban J connectivity index is 1.55. The predicted molar refractivity (Wildman–Crippen MR) is 105 cm³/mol. The molecule has 0 spiro atoms. The van der Waals surface area contributed by atoms with Gasteiger partial charge in [0, 0.05) is 17.4 Å². The third-order valence-electron chi connectivity index (χ3n) is 3.96. The first-order valence-electron chi connectivity index (χ1n) is 8.17. The molecule has 1 fully saturated rings. The number of amides is 1. The number of carbonyl (C=O) groups excluding carboxylic acids is 3. The highest BCUT2D eigenvalue weighted by Crippen LogP contribution is 2.29. The zero-order valence-corrected chi connectivity index (χ0v) is 16.9. The van der Waals surface area contributed by atoms with Crippen molar-refractivity contribution in [2.45, 2.75) is 6.42 Å². The van der Waals surface area contributed by atoms with Crippen molar-refractivity contribution >= 4 is 56.4 Å². The van der Waals surface area contributed by atoms with Gasteiger partial charge in [-0.05, 0) is 28.4 Å². The van der Waals surface area contributed by atoms with Gasteiger partial charge in [0.1, 0.15) is 5.69 Å². The number of para-hydroxylation sites is 1. The highest BCUT2D eigenvalue weighted by atomic mass is 79.9. The average molecular weight is 453 g/mol. The summed E-state index contributed by atoms with van der Waals surface area (Å²) < 4.78 is 10.6. The molecule has 9 heteroatoms. The summed E-state index contributed by atoms with van der Waals surface area (Å²) in [6, 6.07) is 7.55. The zero-order valence-electron chi connectivity index (χ0n) is 14.5. The van der Waals surface area contributed by atoms with Crippen molar-refractivity contribution in [3.8, 4) is 0 Å². The smallest absolute Gasteiger partial charge is 0.355 e. The van der Waals surface area contributed by atoms with Gasteiger partial charge in [-0.15, -0.1) is 0 Å². The Kier molecular flexibility index (Phi) is 6.22. The van der Waals surface area contributed by atoms with Gasteiger partial charge < -0.3 is 19.4 Å². The van der Waals surface area contributed by atoms with E-state index in [4.69, 9.17) is 4.74 Å². The van der Waals surface area contributed by atoms with E-state index in [2.05, 4.69) is 25.7 Å². The van der Waals surface area contributed by atoms with E-state index in [0.717, 1.165) is 10.9 Å². The molecule has 27 heavy (non-hydrogen) atoms. The van der Waals surface area contributed by atoms with E-state index in [1.165, 1.54) is 29.8 Å². The van der Waals surface area contributed by atoms with Gasteiger partial charge in [0.2, 0.25) is 5.91 Å². The maximum Gasteiger partial charge on any atom is 0.355 e. The number of thioether (sulfide) groups is 1. The fraction of sp³-hybridized carbons (Fsp3) is 0.278. The van der Waals surface area contributed by atoms with Crippen LogP contribution in [-0.2, 0) is 19.1 Å². The van der Waals surface area contributed by atoms with Crippen molar-refractivity contribution < 1.29 is 23.9 Å². The first kappa shape index (κ1) is 19.5. The summed E-state index contributed by atoms with van der Waals surface area (Å²) in [6.45, 7) is 0.510. The molecule has 1 aliphatic rings. The van der Waals surface area contributed by atoms with Crippen LogP contribution < -0.4 is 0 Å². The van der Waals surface area contributed by atoms with E-state index in [1.54, 1.807) is 0 Å². The van der Waals surface area contributed by atoms with Gasteiger partial charge in [0.05, 0.1) is 35.0 Å². The topological polar surface area (TPSA) is 88.7 Å². The number of aromatic nitrogens is 1. The normalized spacial score (nSPS) is 15.6. The SMILES string of the molecule is COC(=O)/C=C1/SCC(=O)N1CCCOC(=O)c1[nH]c2ccccc2c1Br. The minimum Gasteiger partial charge on any atom is -0.466 e. The third-order valence-corrected chi connectivity index (χ3v) is 5.81. The first-order valence-corrected chi connectivity index (χ1v) is 9.95. The van der Waals surface area contributed by atoms with Crippen molar-refractivity contribution in [2.75, 3.05) is 26.0 Å². The van der Waals surface area contributed by atoms with Crippen LogP contribution in [0.4, 0.5) is 0 Å². The molecule has 0 saturated carbocycles. The molecule has 1 aromatic heterocycles. The third kappa shape index (κ3) is 4.36. The van der Waals surface area contributed by atoms with E-state index in [9.17, 15) is 14.4 Å². The average Bonchev–Trinajstić information content (AvgIpc) is 3.19. The highest BCUT2D eigenvalue weighted by Gasteiger charge is 2.27. The van der Waals surface area contributed by atoms with Crippen LogP contribution in [0.2, 0.25) is 0 Å². The van der Waals surface area contributed by atoms with Crippen LogP contribution in [0.1, 0.15) is 16.9 Å². The second-order valence-corrected chi connectivity index (χ2v) is 7.48. The van der Waals surface area contributed by atoms with Crippen molar-refractivity contribution in [1.29, 1.82) is 0 Å². The number of aromatic amines is 1. The number of esters is 2. The molecule has 7 nitrogen and oxygen atoms in total. The number of fused-ring (bicyclic) bond motifs is 1. The Bertz CT molecular complexity index is 924. The number of halogens is 1. The summed E-state index contributed by atoms with van der Waals surface area (Å²) in [7, 11) is 1.28. The number of H-pyrrole nitrogens is 1. The lowest BCUT2D eigenvalue weighted by Crippen LogP contribution is -2.27. The summed E-state index contributed by atoms with van der Waals surface area (Å²) in [6.07, 6.45) is 1.75. The number of hydrogen-bond donors (Lipinski definition) is 1. The molecule has 1 N–H and O–H groups in total. The Hall–Kier alpha value is -2.26. The van der Waals surface area contributed by atoms with Gasteiger partial charge in [0.15, 0.2) is 0 Å². The monoisotopic (exact) mass is 452 g/mol. The minimum absolute atomic E-state index is 0.0835. The van der Waals surface area contributed by atoms with E-state index >= 15 is 0 Å². The lowest BCUT2D eigenvalue weighted by Gasteiger charge is -2.16. The first-order chi connectivity index (χ1) is 13.0. The number of rotatable bonds is 6. The predicted octanol–water partition coefficient (Wildman–Crippen LogP) is 3.07. The van der Waals surface area contributed by atoms with Crippen molar-refractivity contribution in [2.24, 2.45) is 0 Å². The summed E-state index contributed by atoms with van der Waals surface area (Å²) in [4.78, 5) is 40.2. The minimum atomic E-state index is -0.507. The van der Waals surface area contributed by atoms with Crippen molar-refractivity contribution in [3.05, 3.63) is 45.5 Å². The fourth-order valence-corrected chi connectivity index (χ4v) is 4.20. The van der Waals surface area contributed by atoms with Crippen LogP contribution in [0, 0.1) is 0 Å². The molecule has 0 aliphatic carbocycles. The number of ether oxygens (including phenoxy) is 2. The molecule has 142 valence electrons. The molecule has 0 unspecified atom stereocenters. The molecule has 1 aromatic carbocycles. The van der Waals surface area contributed by atoms with Crippen LogP contribution in [0.15, 0.2) is 39.8 Å². The van der Waals surface area contributed by atoms with Crippen LogP contribution >= 0.6 is 27.7 Å². The van der Waals surface area contributed by atoms with Crippen LogP contribution in [-0.4, -0.2) is 53.7 Å². The molecular formula is C18H17BrN2O5S. The van der Waals surface area contributed by atoms with Gasteiger partial charge in [-0.1, -0.05) is 30.0 Å². The van der Waals surface area contributed by atoms with E-state index in [-0.39, 0.29) is 18.3 Å². The fourth-order valence-electron chi connectivity index (χ4n) is 2.64.